The number of rotatable bonds is 3. The van der Waals surface area contributed by atoms with E-state index in [2.05, 4.69) is 10.1 Å². The van der Waals surface area contributed by atoms with Gasteiger partial charge in [0.25, 0.3) is 0 Å². The molecule has 2 rings (SSSR count). The number of oxime groups is 1. The molecule has 0 aromatic carbocycles. The minimum absolute atomic E-state index is 0.229. The van der Waals surface area contributed by atoms with Gasteiger partial charge < -0.3 is 15.8 Å². The van der Waals surface area contributed by atoms with Crippen molar-refractivity contribution >= 4 is 11.7 Å². The van der Waals surface area contributed by atoms with Crippen molar-refractivity contribution < 1.29 is 10.0 Å². The van der Waals surface area contributed by atoms with Gasteiger partial charge in [-0.3, -0.25) is 9.69 Å². The van der Waals surface area contributed by atoms with E-state index in [4.69, 9.17) is 10.9 Å². The van der Waals surface area contributed by atoms with Crippen LogP contribution >= 0.6 is 0 Å². The maximum atomic E-state index is 12.4. The summed E-state index contributed by atoms with van der Waals surface area (Å²) in [5.74, 6) is 0.819. The highest BCUT2D eigenvalue weighted by atomic mass is 16.4. The van der Waals surface area contributed by atoms with Gasteiger partial charge in [-0.25, -0.2) is 0 Å². The molecular weight excluding hydrogens is 244 g/mol. The van der Waals surface area contributed by atoms with Crippen molar-refractivity contribution in [3.63, 3.8) is 0 Å². The first-order valence-electron chi connectivity index (χ1n) is 7.18. The van der Waals surface area contributed by atoms with Crippen LogP contribution in [0.4, 0.5) is 0 Å². The van der Waals surface area contributed by atoms with Crippen molar-refractivity contribution in [2.75, 3.05) is 32.7 Å². The van der Waals surface area contributed by atoms with E-state index in [1.54, 1.807) is 0 Å². The topological polar surface area (TPSA) is 82.2 Å². The summed E-state index contributed by atoms with van der Waals surface area (Å²) in [7, 11) is 0. The summed E-state index contributed by atoms with van der Waals surface area (Å²) in [6.07, 6.45) is 5.78. The Labute approximate surface area is 114 Å². The average Bonchev–Trinajstić information content (AvgIpc) is 2.48. The molecule has 2 aliphatic rings. The molecule has 0 radical (unpaired) electrons. The zero-order chi connectivity index (χ0) is 13.7. The summed E-state index contributed by atoms with van der Waals surface area (Å²) in [6, 6.07) is 0. The van der Waals surface area contributed by atoms with E-state index in [0.717, 1.165) is 39.0 Å². The van der Waals surface area contributed by atoms with Crippen LogP contribution in [0.2, 0.25) is 0 Å². The second kappa shape index (κ2) is 6.75. The van der Waals surface area contributed by atoms with Crippen LogP contribution in [-0.4, -0.2) is 59.5 Å². The SMILES string of the molecule is NC(CN1CCN(C(=O)C2CCCCC2)CC1)=NO. The molecule has 1 amide bonds. The summed E-state index contributed by atoms with van der Waals surface area (Å²) < 4.78 is 0. The summed E-state index contributed by atoms with van der Waals surface area (Å²) >= 11 is 0. The molecule has 1 heterocycles. The first-order valence-corrected chi connectivity index (χ1v) is 7.18. The van der Waals surface area contributed by atoms with E-state index < -0.39 is 0 Å². The number of hydrogen-bond acceptors (Lipinski definition) is 4. The van der Waals surface area contributed by atoms with Crippen LogP contribution in [-0.2, 0) is 4.79 Å². The quantitative estimate of drug-likeness (QED) is 0.337. The fourth-order valence-corrected chi connectivity index (χ4v) is 2.99. The third-order valence-electron chi connectivity index (χ3n) is 4.15. The Hall–Kier alpha value is -1.30. The number of carbonyl (C=O) groups is 1. The van der Waals surface area contributed by atoms with Gasteiger partial charge in [0.15, 0.2) is 5.84 Å². The monoisotopic (exact) mass is 268 g/mol. The Kier molecular flexibility index (Phi) is 5.01. The molecule has 0 aromatic rings. The summed E-state index contributed by atoms with van der Waals surface area (Å²) in [5.41, 5.74) is 5.49. The molecule has 2 fully saturated rings. The van der Waals surface area contributed by atoms with Gasteiger partial charge in [0.2, 0.25) is 5.91 Å². The molecule has 3 N–H and O–H groups in total. The number of nitrogens with zero attached hydrogens (tertiary/aromatic N) is 3. The Morgan fingerprint density at radius 1 is 1.16 bits per heavy atom. The molecule has 6 nitrogen and oxygen atoms in total. The molecule has 1 aliphatic heterocycles. The molecule has 0 aromatic heterocycles. The molecule has 1 saturated heterocycles. The largest absolute Gasteiger partial charge is 0.409 e. The van der Waals surface area contributed by atoms with Crippen molar-refractivity contribution in [2.45, 2.75) is 32.1 Å². The fourth-order valence-electron chi connectivity index (χ4n) is 2.99. The average molecular weight is 268 g/mol. The molecule has 6 heteroatoms. The normalized spacial score (nSPS) is 23.6. The van der Waals surface area contributed by atoms with Crippen LogP contribution in [0, 0.1) is 5.92 Å². The highest BCUT2D eigenvalue weighted by Gasteiger charge is 2.28. The number of hydrogen-bond donors (Lipinski definition) is 2. The number of nitrogens with two attached hydrogens (primary N) is 1. The standard InChI is InChI=1S/C13H24N4O2/c14-12(15-19)10-16-6-8-17(9-7-16)13(18)11-4-2-1-3-5-11/h11,19H,1-10H2,(H2,14,15). The van der Waals surface area contributed by atoms with E-state index >= 15 is 0 Å². The smallest absolute Gasteiger partial charge is 0.225 e. The van der Waals surface area contributed by atoms with Gasteiger partial charge >= 0.3 is 0 Å². The zero-order valence-corrected chi connectivity index (χ0v) is 11.4. The Morgan fingerprint density at radius 2 is 1.79 bits per heavy atom. The lowest BCUT2D eigenvalue weighted by Crippen LogP contribution is -2.52. The number of amides is 1. The van der Waals surface area contributed by atoms with Crippen LogP contribution in [0.15, 0.2) is 5.16 Å². The minimum atomic E-state index is 0.229. The van der Waals surface area contributed by atoms with Gasteiger partial charge in [-0.1, -0.05) is 24.4 Å². The second-order valence-electron chi connectivity index (χ2n) is 5.53. The van der Waals surface area contributed by atoms with E-state index in [9.17, 15) is 4.79 Å². The second-order valence-corrected chi connectivity index (χ2v) is 5.53. The zero-order valence-electron chi connectivity index (χ0n) is 11.4. The van der Waals surface area contributed by atoms with Crippen molar-refractivity contribution in [3.8, 4) is 0 Å². The van der Waals surface area contributed by atoms with E-state index in [0.29, 0.717) is 12.5 Å². The molecule has 0 atom stereocenters. The first kappa shape index (κ1) is 14.1. The number of carbonyl (C=O) groups excluding carboxylic acids is 1. The van der Waals surface area contributed by atoms with Gasteiger partial charge in [-0.2, -0.15) is 0 Å². The van der Waals surface area contributed by atoms with Crippen LogP contribution in [0.5, 0.6) is 0 Å². The summed E-state index contributed by atoms with van der Waals surface area (Å²) in [5, 5.41) is 11.5. The molecule has 1 saturated carbocycles. The van der Waals surface area contributed by atoms with Gasteiger partial charge in [0.05, 0.1) is 6.54 Å². The molecular formula is C13H24N4O2. The highest BCUT2D eigenvalue weighted by Crippen LogP contribution is 2.25. The van der Waals surface area contributed by atoms with Crippen LogP contribution in [0.1, 0.15) is 32.1 Å². The van der Waals surface area contributed by atoms with Crippen molar-refractivity contribution in [2.24, 2.45) is 16.8 Å². The van der Waals surface area contributed by atoms with Crippen LogP contribution in [0.25, 0.3) is 0 Å². The van der Waals surface area contributed by atoms with Crippen molar-refractivity contribution in [1.82, 2.24) is 9.80 Å². The van der Waals surface area contributed by atoms with Gasteiger partial charge in [0, 0.05) is 32.1 Å². The Balaban J connectivity index is 1.77. The lowest BCUT2D eigenvalue weighted by Gasteiger charge is -2.36. The van der Waals surface area contributed by atoms with E-state index in [1.807, 2.05) is 4.90 Å². The number of piperazine rings is 1. The highest BCUT2D eigenvalue weighted by molar-refractivity contribution is 5.82. The molecule has 0 spiro atoms. The van der Waals surface area contributed by atoms with E-state index in [1.165, 1.54) is 19.3 Å². The maximum absolute atomic E-state index is 12.4. The summed E-state index contributed by atoms with van der Waals surface area (Å²) in [6.45, 7) is 3.59. The molecule has 0 unspecified atom stereocenters. The Morgan fingerprint density at radius 3 is 2.37 bits per heavy atom. The van der Waals surface area contributed by atoms with E-state index in [-0.39, 0.29) is 11.8 Å². The van der Waals surface area contributed by atoms with Gasteiger partial charge in [0.1, 0.15) is 0 Å². The molecule has 19 heavy (non-hydrogen) atoms. The predicted molar refractivity (Wildman–Crippen MR) is 73.0 cm³/mol. The number of amidine groups is 1. The van der Waals surface area contributed by atoms with Gasteiger partial charge in [-0.05, 0) is 12.8 Å². The Bertz CT molecular complexity index is 332. The van der Waals surface area contributed by atoms with Crippen molar-refractivity contribution in [1.29, 1.82) is 0 Å². The lowest BCUT2D eigenvalue weighted by atomic mass is 9.88. The molecule has 1 aliphatic carbocycles. The van der Waals surface area contributed by atoms with Crippen LogP contribution in [0.3, 0.4) is 0 Å². The minimum Gasteiger partial charge on any atom is -0.409 e. The van der Waals surface area contributed by atoms with Crippen LogP contribution < -0.4 is 5.73 Å². The molecule has 0 bridgehead atoms. The lowest BCUT2D eigenvalue weighted by molar-refractivity contribution is -0.138. The molecule has 108 valence electrons. The van der Waals surface area contributed by atoms with Crippen molar-refractivity contribution in [3.05, 3.63) is 0 Å². The third kappa shape index (κ3) is 3.83. The first-order chi connectivity index (χ1) is 9.20. The fraction of sp³-hybridized carbons (Fsp3) is 0.846. The predicted octanol–water partition coefficient (Wildman–Crippen LogP) is 0.457. The third-order valence-corrected chi connectivity index (χ3v) is 4.15. The van der Waals surface area contributed by atoms with Gasteiger partial charge in [-0.15, -0.1) is 0 Å². The maximum Gasteiger partial charge on any atom is 0.225 e. The summed E-state index contributed by atoms with van der Waals surface area (Å²) in [4.78, 5) is 16.5.